The molecule has 2 amide bonds. The number of nitrogens with one attached hydrogen (secondary N) is 2. The molecule has 0 spiro atoms. The van der Waals surface area contributed by atoms with Gasteiger partial charge in [0.15, 0.2) is 29.0 Å². The SMILES string of the molecule is COc1cc(NC(=O)NCc2nnnn2-c2ccc(F)c(F)c2)cc(OC)c1OC. The molecule has 3 rings (SSSR count). The molecule has 10 nitrogen and oxygen atoms in total. The van der Waals surface area contributed by atoms with Crippen LogP contribution >= 0.6 is 0 Å². The highest BCUT2D eigenvalue weighted by Gasteiger charge is 2.16. The first-order chi connectivity index (χ1) is 14.5. The van der Waals surface area contributed by atoms with Gasteiger partial charge in [-0.15, -0.1) is 5.10 Å². The van der Waals surface area contributed by atoms with Gasteiger partial charge in [0.25, 0.3) is 0 Å². The van der Waals surface area contributed by atoms with Crippen LogP contribution in [0, 0.1) is 11.6 Å². The first-order valence-corrected chi connectivity index (χ1v) is 8.54. The molecule has 3 aromatic rings. The summed E-state index contributed by atoms with van der Waals surface area (Å²) < 4.78 is 43.5. The lowest BCUT2D eigenvalue weighted by molar-refractivity contribution is 0.251. The summed E-state index contributed by atoms with van der Waals surface area (Å²) in [6.07, 6.45) is 0. The van der Waals surface area contributed by atoms with Gasteiger partial charge in [0.05, 0.1) is 39.2 Å². The molecule has 0 atom stereocenters. The van der Waals surface area contributed by atoms with E-state index < -0.39 is 17.7 Å². The first kappa shape index (κ1) is 20.8. The Morgan fingerprint density at radius 1 is 1.03 bits per heavy atom. The third-order valence-corrected chi connectivity index (χ3v) is 4.01. The summed E-state index contributed by atoms with van der Waals surface area (Å²) in [6.45, 7) is -0.0811. The van der Waals surface area contributed by atoms with Crippen molar-refractivity contribution in [1.82, 2.24) is 25.5 Å². The smallest absolute Gasteiger partial charge is 0.319 e. The number of nitrogens with zero attached hydrogens (tertiary/aromatic N) is 4. The van der Waals surface area contributed by atoms with E-state index in [0.29, 0.717) is 22.9 Å². The maximum atomic E-state index is 13.5. The third-order valence-electron chi connectivity index (χ3n) is 4.01. The lowest BCUT2D eigenvalue weighted by Crippen LogP contribution is -2.29. The monoisotopic (exact) mass is 420 g/mol. The minimum Gasteiger partial charge on any atom is -0.493 e. The van der Waals surface area contributed by atoms with E-state index in [9.17, 15) is 13.6 Å². The van der Waals surface area contributed by atoms with E-state index in [2.05, 4.69) is 26.2 Å². The van der Waals surface area contributed by atoms with Crippen molar-refractivity contribution in [2.75, 3.05) is 26.6 Å². The number of halogens is 2. The summed E-state index contributed by atoms with van der Waals surface area (Å²) in [4.78, 5) is 12.3. The highest BCUT2D eigenvalue weighted by Crippen LogP contribution is 2.39. The highest BCUT2D eigenvalue weighted by molar-refractivity contribution is 5.90. The number of hydrogen-bond donors (Lipinski definition) is 2. The van der Waals surface area contributed by atoms with Crippen LogP contribution in [0.1, 0.15) is 5.82 Å². The molecule has 30 heavy (non-hydrogen) atoms. The van der Waals surface area contributed by atoms with Crippen LogP contribution in [0.15, 0.2) is 30.3 Å². The molecule has 0 unspecified atom stereocenters. The van der Waals surface area contributed by atoms with Crippen LogP contribution in [0.2, 0.25) is 0 Å². The maximum absolute atomic E-state index is 13.5. The number of urea groups is 1. The fraction of sp³-hybridized carbons (Fsp3) is 0.222. The summed E-state index contributed by atoms with van der Waals surface area (Å²) in [6, 6.07) is 5.78. The van der Waals surface area contributed by atoms with Crippen molar-refractivity contribution in [3.8, 4) is 22.9 Å². The number of methoxy groups -OCH3 is 3. The average Bonchev–Trinajstić information content (AvgIpc) is 3.22. The second kappa shape index (κ2) is 9.03. The van der Waals surface area contributed by atoms with Crippen LogP contribution in [0.25, 0.3) is 5.69 Å². The van der Waals surface area contributed by atoms with Crippen LogP contribution < -0.4 is 24.8 Å². The molecule has 0 bridgehead atoms. The number of aromatic nitrogens is 4. The number of carbonyl (C=O) groups is 1. The quantitative estimate of drug-likeness (QED) is 0.603. The first-order valence-electron chi connectivity index (χ1n) is 8.54. The zero-order valence-electron chi connectivity index (χ0n) is 16.3. The summed E-state index contributed by atoms with van der Waals surface area (Å²) >= 11 is 0. The lowest BCUT2D eigenvalue weighted by atomic mass is 10.2. The standard InChI is InChI=1S/C18H18F2N6O4/c1-28-14-6-10(7-15(29-2)17(14)30-3)22-18(27)21-9-16-23-24-25-26(16)11-4-5-12(19)13(20)8-11/h4-8H,9H2,1-3H3,(H2,21,22,27). The van der Waals surface area contributed by atoms with Crippen LogP contribution in [0.4, 0.5) is 19.3 Å². The Bertz CT molecular complexity index is 1030. The van der Waals surface area contributed by atoms with Gasteiger partial charge in [0.1, 0.15) is 0 Å². The van der Waals surface area contributed by atoms with Crippen molar-refractivity contribution < 1.29 is 27.8 Å². The molecule has 0 saturated carbocycles. The molecule has 0 aliphatic rings. The highest BCUT2D eigenvalue weighted by atomic mass is 19.2. The van der Waals surface area contributed by atoms with E-state index in [1.165, 1.54) is 32.1 Å². The molecule has 2 aromatic carbocycles. The fourth-order valence-electron chi connectivity index (χ4n) is 2.62. The van der Waals surface area contributed by atoms with Gasteiger partial charge >= 0.3 is 6.03 Å². The Hall–Kier alpha value is -3.96. The summed E-state index contributed by atoms with van der Waals surface area (Å²) in [5.74, 6) is -0.695. The summed E-state index contributed by atoms with van der Waals surface area (Å²) in [5.41, 5.74) is 0.600. The molecule has 158 valence electrons. The number of tetrazole rings is 1. The zero-order chi connectivity index (χ0) is 21.7. The van der Waals surface area contributed by atoms with Gasteiger partial charge in [-0.25, -0.2) is 13.6 Å². The number of anilines is 1. The Morgan fingerprint density at radius 3 is 2.33 bits per heavy atom. The topological polar surface area (TPSA) is 112 Å². The van der Waals surface area contributed by atoms with E-state index in [4.69, 9.17) is 14.2 Å². The molecule has 0 fully saturated rings. The third kappa shape index (κ3) is 4.37. The largest absolute Gasteiger partial charge is 0.493 e. The number of hydrogen-bond acceptors (Lipinski definition) is 7. The van der Waals surface area contributed by atoms with E-state index in [1.807, 2.05) is 0 Å². The lowest BCUT2D eigenvalue weighted by Gasteiger charge is -2.15. The van der Waals surface area contributed by atoms with Gasteiger partial charge in [-0.2, -0.15) is 4.68 Å². The van der Waals surface area contributed by atoms with Crippen molar-refractivity contribution in [1.29, 1.82) is 0 Å². The Labute approximate surface area is 169 Å². The Balaban J connectivity index is 1.70. The zero-order valence-corrected chi connectivity index (χ0v) is 16.3. The van der Waals surface area contributed by atoms with Crippen molar-refractivity contribution in [3.05, 3.63) is 47.8 Å². The minimum atomic E-state index is -1.04. The molecular weight excluding hydrogens is 402 g/mol. The molecule has 1 aromatic heterocycles. The number of ether oxygens (including phenoxy) is 3. The van der Waals surface area contributed by atoms with Crippen LogP contribution in [-0.4, -0.2) is 47.6 Å². The van der Waals surface area contributed by atoms with E-state index in [-0.39, 0.29) is 18.1 Å². The molecule has 2 N–H and O–H groups in total. The van der Waals surface area contributed by atoms with Gasteiger partial charge in [-0.3, -0.25) is 0 Å². The predicted molar refractivity (Wildman–Crippen MR) is 101 cm³/mol. The van der Waals surface area contributed by atoms with Gasteiger partial charge in [-0.1, -0.05) is 0 Å². The molecule has 12 heteroatoms. The molecule has 0 aliphatic carbocycles. The van der Waals surface area contributed by atoms with Crippen molar-refractivity contribution in [2.24, 2.45) is 0 Å². The molecule has 0 aliphatic heterocycles. The molecule has 1 heterocycles. The minimum absolute atomic E-state index is 0.0811. The molecule has 0 radical (unpaired) electrons. The van der Waals surface area contributed by atoms with Crippen LogP contribution in [0.5, 0.6) is 17.2 Å². The fourth-order valence-corrected chi connectivity index (χ4v) is 2.62. The maximum Gasteiger partial charge on any atom is 0.319 e. The normalized spacial score (nSPS) is 10.4. The van der Waals surface area contributed by atoms with Crippen molar-refractivity contribution >= 4 is 11.7 Å². The van der Waals surface area contributed by atoms with Gasteiger partial charge in [0.2, 0.25) is 5.75 Å². The number of benzene rings is 2. The average molecular weight is 420 g/mol. The van der Waals surface area contributed by atoms with E-state index >= 15 is 0 Å². The number of carbonyl (C=O) groups excluding carboxylic acids is 1. The molecule has 0 saturated heterocycles. The van der Waals surface area contributed by atoms with E-state index in [1.54, 1.807) is 12.1 Å². The van der Waals surface area contributed by atoms with Gasteiger partial charge in [-0.05, 0) is 22.6 Å². The van der Waals surface area contributed by atoms with Crippen molar-refractivity contribution in [2.45, 2.75) is 6.54 Å². The predicted octanol–water partition coefficient (Wildman–Crippen LogP) is 2.29. The van der Waals surface area contributed by atoms with Gasteiger partial charge < -0.3 is 24.8 Å². The summed E-state index contributed by atoms with van der Waals surface area (Å²) in [5, 5.41) is 16.2. The second-order valence-corrected chi connectivity index (χ2v) is 5.83. The van der Waals surface area contributed by atoms with Gasteiger partial charge in [0, 0.05) is 18.2 Å². The van der Waals surface area contributed by atoms with Crippen molar-refractivity contribution in [3.63, 3.8) is 0 Å². The Kier molecular flexibility index (Phi) is 6.25. The number of amides is 2. The number of rotatable bonds is 7. The summed E-state index contributed by atoms with van der Waals surface area (Å²) in [7, 11) is 4.38. The van der Waals surface area contributed by atoms with Crippen LogP contribution in [-0.2, 0) is 6.54 Å². The van der Waals surface area contributed by atoms with E-state index in [0.717, 1.165) is 12.1 Å². The molecular formula is C18H18F2N6O4. The second-order valence-electron chi connectivity index (χ2n) is 5.83. The van der Waals surface area contributed by atoms with Crippen LogP contribution in [0.3, 0.4) is 0 Å². The Morgan fingerprint density at radius 2 is 1.73 bits per heavy atom.